The predicted octanol–water partition coefficient (Wildman–Crippen LogP) is 1.69. The largest absolute Gasteiger partial charge is 0.480 e. The minimum atomic E-state index is -1.52. The fourth-order valence-electron chi connectivity index (χ4n) is 2.14. The second-order valence-electron chi connectivity index (χ2n) is 4.86. The molecule has 1 aromatic carbocycles. The zero-order chi connectivity index (χ0) is 15.6. The number of carboxylic acid groups (broad SMARTS) is 1. The molecule has 0 aromatic heterocycles. The highest BCUT2D eigenvalue weighted by Gasteiger charge is 2.41. The number of carbonyl (C=O) groups is 1. The van der Waals surface area contributed by atoms with Gasteiger partial charge in [0.05, 0.1) is 0 Å². The summed E-state index contributed by atoms with van der Waals surface area (Å²) in [5, 5.41) is 11.8. The summed E-state index contributed by atoms with van der Waals surface area (Å²) >= 11 is 0. The smallest absolute Gasteiger partial charge is 0.322 e. The average molecular weight is 300 g/mol. The van der Waals surface area contributed by atoms with E-state index in [1.165, 1.54) is 0 Å². The number of rotatable bonds is 7. The van der Waals surface area contributed by atoms with Crippen molar-refractivity contribution in [2.24, 2.45) is 0 Å². The Labute approximate surface area is 119 Å². The van der Waals surface area contributed by atoms with Crippen LogP contribution in [-0.4, -0.2) is 41.7 Å². The summed E-state index contributed by atoms with van der Waals surface area (Å²) in [6.07, 6.45) is 1.57. The van der Waals surface area contributed by atoms with Crippen LogP contribution in [0.3, 0.4) is 0 Å². The van der Waals surface area contributed by atoms with E-state index in [1.807, 2.05) is 0 Å². The molecule has 1 aliphatic heterocycles. The topological polar surface area (TPSA) is 52.3 Å². The van der Waals surface area contributed by atoms with Crippen LogP contribution in [-0.2, 0) is 4.79 Å². The van der Waals surface area contributed by atoms with E-state index in [9.17, 15) is 18.0 Å². The maximum absolute atomic E-state index is 13.3. The molecule has 0 amide bonds. The first kappa shape index (κ1) is 15.5. The highest BCUT2D eigenvalue weighted by atomic mass is 19.2. The quantitative estimate of drug-likeness (QED) is 0.457. The lowest BCUT2D eigenvalue weighted by Crippen LogP contribution is -2.29. The van der Waals surface area contributed by atoms with Crippen molar-refractivity contribution in [3.63, 3.8) is 0 Å². The van der Waals surface area contributed by atoms with Crippen LogP contribution in [0.25, 0.3) is 0 Å². The molecule has 1 saturated heterocycles. The van der Waals surface area contributed by atoms with Crippen LogP contribution in [0.2, 0.25) is 0 Å². The van der Waals surface area contributed by atoms with Crippen molar-refractivity contribution >= 4 is 5.97 Å². The third-order valence-electron chi connectivity index (χ3n) is 3.33. The van der Waals surface area contributed by atoms with Gasteiger partial charge in [0.25, 0.3) is 0 Å². The van der Waals surface area contributed by atoms with E-state index in [2.05, 4.69) is 11.9 Å². The molecule has 114 valence electrons. The minimum absolute atomic E-state index is 0.226. The molecule has 0 bridgehead atoms. The first-order valence-electron chi connectivity index (χ1n) is 6.39. The summed E-state index contributed by atoms with van der Waals surface area (Å²) in [4.78, 5) is 12.5. The summed E-state index contributed by atoms with van der Waals surface area (Å²) < 4.78 is 39.6. The van der Waals surface area contributed by atoms with Crippen molar-refractivity contribution < 1.29 is 23.1 Å². The molecule has 2 rings (SSSR count). The molecule has 0 aliphatic carbocycles. The number of halogens is 3. The van der Waals surface area contributed by atoms with E-state index in [0.717, 1.165) is 12.1 Å². The van der Waals surface area contributed by atoms with Crippen LogP contribution in [0.5, 0.6) is 0 Å². The maximum Gasteiger partial charge on any atom is 0.322 e. The molecule has 7 heteroatoms. The number of aliphatic carboxylic acids is 1. The minimum Gasteiger partial charge on any atom is -0.480 e. The lowest BCUT2D eigenvalue weighted by atomic mass is 10.1. The van der Waals surface area contributed by atoms with E-state index in [0.29, 0.717) is 13.1 Å². The summed E-state index contributed by atoms with van der Waals surface area (Å²) in [5.74, 6) is -4.99. The van der Waals surface area contributed by atoms with E-state index in [1.54, 1.807) is 11.0 Å². The predicted molar refractivity (Wildman–Crippen MR) is 70.3 cm³/mol. The van der Waals surface area contributed by atoms with Gasteiger partial charge in [-0.3, -0.25) is 9.69 Å². The van der Waals surface area contributed by atoms with Gasteiger partial charge in [0, 0.05) is 25.7 Å². The van der Waals surface area contributed by atoms with Crippen molar-refractivity contribution in [1.82, 2.24) is 10.2 Å². The van der Waals surface area contributed by atoms with Gasteiger partial charge in [-0.25, -0.2) is 13.2 Å². The zero-order valence-corrected chi connectivity index (χ0v) is 11.2. The number of nitrogens with one attached hydrogen (secondary N) is 1. The Kier molecular flexibility index (Phi) is 4.64. The lowest BCUT2D eigenvalue weighted by molar-refractivity contribution is -0.137. The summed E-state index contributed by atoms with van der Waals surface area (Å²) in [5.41, 5.74) is 0.226. The van der Waals surface area contributed by atoms with Gasteiger partial charge in [0.1, 0.15) is 6.04 Å². The molecular weight excluding hydrogens is 285 g/mol. The third-order valence-corrected chi connectivity index (χ3v) is 3.33. The highest BCUT2D eigenvalue weighted by molar-refractivity contribution is 5.76. The Balaban J connectivity index is 2.16. The second kappa shape index (κ2) is 6.28. The van der Waals surface area contributed by atoms with Gasteiger partial charge in [-0.15, -0.1) is 6.58 Å². The Morgan fingerprint density at radius 1 is 1.48 bits per heavy atom. The maximum atomic E-state index is 13.3. The molecule has 4 nitrogen and oxygen atoms in total. The van der Waals surface area contributed by atoms with Gasteiger partial charge in [-0.1, -0.05) is 6.08 Å². The second-order valence-corrected chi connectivity index (χ2v) is 4.86. The number of benzene rings is 1. The van der Waals surface area contributed by atoms with Crippen molar-refractivity contribution in [3.05, 3.63) is 47.8 Å². The first-order chi connectivity index (χ1) is 9.93. The zero-order valence-electron chi connectivity index (χ0n) is 11.2. The van der Waals surface area contributed by atoms with Crippen LogP contribution in [0, 0.1) is 17.5 Å². The molecule has 3 atom stereocenters. The number of nitrogens with zero attached hydrogens (tertiary/aromatic N) is 1. The molecule has 2 N–H and O–H groups in total. The Morgan fingerprint density at radius 2 is 2.10 bits per heavy atom. The number of hydrogen-bond acceptors (Lipinski definition) is 3. The molecular formula is C14H15F3N2O2. The molecule has 0 saturated carbocycles. The van der Waals surface area contributed by atoms with Crippen molar-refractivity contribution in [2.45, 2.75) is 12.1 Å². The summed E-state index contributed by atoms with van der Waals surface area (Å²) in [6.45, 7) is 4.55. The average Bonchev–Trinajstić information content (AvgIpc) is 3.19. The van der Waals surface area contributed by atoms with Crippen molar-refractivity contribution in [3.8, 4) is 0 Å². The van der Waals surface area contributed by atoms with E-state index in [-0.39, 0.29) is 12.1 Å². The van der Waals surface area contributed by atoms with Crippen LogP contribution >= 0.6 is 0 Å². The lowest BCUT2D eigenvalue weighted by Gasteiger charge is -2.19. The molecule has 1 aromatic rings. The molecule has 1 aliphatic rings. The Bertz CT molecular complexity index is 542. The monoisotopic (exact) mass is 300 g/mol. The third kappa shape index (κ3) is 3.62. The number of hydrogen-bond donors (Lipinski definition) is 2. The fourth-order valence-corrected chi connectivity index (χ4v) is 2.14. The first-order valence-corrected chi connectivity index (χ1v) is 6.39. The summed E-state index contributed by atoms with van der Waals surface area (Å²) in [6, 6.07) is 0.738. The van der Waals surface area contributed by atoms with E-state index in [4.69, 9.17) is 5.11 Å². The molecule has 1 heterocycles. The summed E-state index contributed by atoms with van der Waals surface area (Å²) in [7, 11) is 0. The van der Waals surface area contributed by atoms with Gasteiger partial charge in [-0.05, 0) is 17.7 Å². The van der Waals surface area contributed by atoms with Crippen molar-refractivity contribution in [2.75, 3.05) is 19.6 Å². The van der Waals surface area contributed by atoms with Crippen LogP contribution in [0.4, 0.5) is 13.2 Å². The van der Waals surface area contributed by atoms with Gasteiger partial charge in [-0.2, -0.15) is 0 Å². The molecule has 0 spiro atoms. The van der Waals surface area contributed by atoms with Crippen LogP contribution in [0.15, 0.2) is 24.8 Å². The Hall–Kier alpha value is -1.86. The van der Waals surface area contributed by atoms with Gasteiger partial charge < -0.3 is 10.4 Å². The van der Waals surface area contributed by atoms with Gasteiger partial charge >= 0.3 is 5.97 Å². The fraction of sp³-hybridized carbons (Fsp3) is 0.357. The van der Waals surface area contributed by atoms with Gasteiger partial charge in [0.15, 0.2) is 17.5 Å². The Morgan fingerprint density at radius 3 is 2.57 bits per heavy atom. The molecule has 1 unspecified atom stereocenters. The number of carboxylic acids is 1. The normalized spacial score (nSPS) is 21.9. The van der Waals surface area contributed by atoms with E-state index < -0.39 is 35.5 Å². The molecule has 1 fully saturated rings. The molecule has 21 heavy (non-hydrogen) atoms. The van der Waals surface area contributed by atoms with Crippen molar-refractivity contribution in [1.29, 1.82) is 0 Å². The highest BCUT2D eigenvalue weighted by Crippen LogP contribution is 2.25. The molecule has 0 radical (unpaired) electrons. The van der Waals surface area contributed by atoms with Crippen LogP contribution < -0.4 is 5.32 Å². The SMILES string of the molecule is C=CCN[C@H](C[N@]1CC1C(=O)O)c1cc(F)c(F)c(F)c1. The van der Waals surface area contributed by atoms with Crippen LogP contribution in [0.1, 0.15) is 11.6 Å². The van der Waals surface area contributed by atoms with E-state index >= 15 is 0 Å². The standard InChI is InChI=1S/C14H15F3N2O2/c1-2-3-18-11(6-19-7-12(19)14(20)21)8-4-9(15)13(17)10(16)5-8/h2,4-5,11-12,18H,1,3,6-7H2,(H,20,21)/t11-,12?,19-/m1/s1. The van der Waals surface area contributed by atoms with Gasteiger partial charge in [0.2, 0.25) is 0 Å².